The number of carboxylic acid groups (broad SMARTS) is 2. The van der Waals surface area contributed by atoms with Gasteiger partial charge in [0.05, 0.1) is 6.67 Å². The number of piperidine rings is 1. The molecule has 0 aliphatic carbocycles. The van der Waals surface area contributed by atoms with E-state index in [9.17, 15) is 14.4 Å². The van der Waals surface area contributed by atoms with Crippen LogP contribution in [0, 0.1) is 0 Å². The third-order valence-electron chi connectivity index (χ3n) is 5.33. The Hall–Kier alpha value is -3.45. The summed E-state index contributed by atoms with van der Waals surface area (Å²) in [6, 6.07) is 21.3. The molecular weight excluding hydrogens is 408 g/mol. The van der Waals surface area contributed by atoms with Gasteiger partial charge < -0.3 is 15.1 Å². The summed E-state index contributed by atoms with van der Waals surface area (Å²) < 4.78 is 0. The molecule has 1 fully saturated rings. The summed E-state index contributed by atoms with van der Waals surface area (Å²) in [4.78, 5) is 33.5. The zero-order valence-corrected chi connectivity index (χ0v) is 18.2. The molecule has 0 spiro atoms. The van der Waals surface area contributed by atoms with E-state index in [0.29, 0.717) is 25.2 Å². The van der Waals surface area contributed by atoms with Crippen LogP contribution < -0.4 is 5.32 Å². The van der Waals surface area contributed by atoms with Gasteiger partial charge >= 0.3 is 11.9 Å². The first-order valence-electron chi connectivity index (χ1n) is 10.6. The lowest BCUT2D eigenvalue weighted by atomic mass is 9.69. The molecule has 32 heavy (non-hydrogen) atoms. The van der Waals surface area contributed by atoms with E-state index in [2.05, 4.69) is 72.9 Å². The summed E-state index contributed by atoms with van der Waals surface area (Å²) in [5.74, 6) is -2.26. The van der Waals surface area contributed by atoms with E-state index >= 15 is 0 Å². The number of carboxylic acids is 2. The van der Waals surface area contributed by atoms with E-state index in [1.165, 1.54) is 11.1 Å². The summed E-state index contributed by atoms with van der Waals surface area (Å²) in [5.41, 5.74) is 2.47. The third kappa shape index (κ3) is 7.06. The van der Waals surface area contributed by atoms with Crippen LogP contribution in [0.4, 0.5) is 0 Å². The average Bonchev–Trinajstić information content (AvgIpc) is 2.81. The quantitative estimate of drug-likeness (QED) is 0.431. The fourth-order valence-electron chi connectivity index (χ4n) is 3.80. The molecule has 0 atom stereocenters. The molecule has 1 saturated heterocycles. The number of carbonyl (C=O) groups excluding carboxylic acids is 1. The molecule has 0 aromatic heterocycles. The van der Waals surface area contributed by atoms with Gasteiger partial charge in [0.1, 0.15) is 0 Å². The second-order valence-corrected chi connectivity index (χ2v) is 7.57. The van der Waals surface area contributed by atoms with Crippen LogP contribution in [0.3, 0.4) is 0 Å². The van der Waals surface area contributed by atoms with E-state index in [-0.39, 0.29) is 11.3 Å². The zero-order chi connectivity index (χ0) is 23.4. The Morgan fingerprint density at radius 2 is 1.47 bits per heavy atom. The number of nitrogens with one attached hydrogen (secondary N) is 1. The van der Waals surface area contributed by atoms with E-state index in [1.807, 2.05) is 4.90 Å². The number of benzene rings is 2. The van der Waals surface area contributed by atoms with Crippen molar-refractivity contribution in [2.75, 3.05) is 19.8 Å². The molecule has 1 heterocycles. The molecule has 0 saturated carbocycles. The number of carbonyl (C=O) groups is 3. The molecule has 2 aromatic carbocycles. The molecule has 1 amide bonds. The molecule has 0 radical (unpaired) electrons. The number of hydrogen-bond donors (Lipinski definition) is 3. The minimum absolute atomic E-state index is 0.121. The van der Waals surface area contributed by atoms with Gasteiger partial charge in [-0.15, -0.1) is 0 Å². The van der Waals surface area contributed by atoms with E-state index in [1.54, 1.807) is 0 Å². The Bertz CT molecular complexity index is 857. The van der Waals surface area contributed by atoms with Crippen LogP contribution in [-0.4, -0.2) is 52.7 Å². The van der Waals surface area contributed by atoms with Crippen molar-refractivity contribution in [2.24, 2.45) is 0 Å². The Labute approximate surface area is 188 Å². The van der Waals surface area contributed by atoms with Crippen molar-refractivity contribution >= 4 is 17.8 Å². The van der Waals surface area contributed by atoms with E-state index in [0.717, 1.165) is 25.9 Å². The lowest BCUT2D eigenvalue weighted by molar-refractivity contribution is -0.135. The molecule has 7 nitrogen and oxygen atoms in total. The Balaban J connectivity index is 0.000000390. The van der Waals surface area contributed by atoms with Gasteiger partial charge in [-0.3, -0.25) is 10.1 Å². The summed E-state index contributed by atoms with van der Waals surface area (Å²) >= 11 is 0. The van der Waals surface area contributed by atoms with Crippen molar-refractivity contribution in [1.82, 2.24) is 10.2 Å². The lowest BCUT2D eigenvalue weighted by Crippen LogP contribution is -2.52. The highest BCUT2D eigenvalue weighted by Crippen LogP contribution is 2.40. The molecule has 2 aromatic rings. The maximum Gasteiger partial charge on any atom is 0.328 e. The zero-order valence-electron chi connectivity index (χ0n) is 18.2. The topological polar surface area (TPSA) is 107 Å². The van der Waals surface area contributed by atoms with Crippen LogP contribution in [0.1, 0.15) is 37.3 Å². The highest BCUT2D eigenvalue weighted by atomic mass is 16.4. The molecule has 170 valence electrons. The highest BCUT2D eigenvalue weighted by Gasteiger charge is 2.41. The van der Waals surface area contributed by atoms with Crippen molar-refractivity contribution < 1.29 is 24.6 Å². The molecule has 3 N–H and O–H groups in total. The van der Waals surface area contributed by atoms with Gasteiger partial charge in [0.15, 0.2) is 0 Å². The highest BCUT2D eigenvalue weighted by molar-refractivity contribution is 5.89. The molecule has 1 aliphatic heterocycles. The predicted octanol–water partition coefficient (Wildman–Crippen LogP) is 3.26. The van der Waals surface area contributed by atoms with Crippen LogP contribution in [-0.2, 0) is 19.8 Å². The number of rotatable bonds is 8. The van der Waals surface area contributed by atoms with Crippen LogP contribution in [0.5, 0.6) is 0 Å². The van der Waals surface area contributed by atoms with Gasteiger partial charge in [-0.2, -0.15) is 0 Å². The first kappa shape index (κ1) is 24.8. The van der Waals surface area contributed by atoms with Crippen LogP contribution in [0.25, 0.3) is 0 Å². The first-order chi connectivity index (χ1) is 15.4. The first-order valence-corrected chi connectivity index (χ1v) is 10.6. The summed E-state index contributed by atoms with van der Waals surface area (Å²) in [6.07, 6.45) is 3.65. The smallest absolute Gasteiger partial charge is 0.328 e. The van der Waals surface area contributed by atoms with Crippen LogP contribution >= 0.6 is 0 Å². The predicted molar refractivity (Wildman–Crippen MR) is 122 cm³/mol. The fraction of sp³-hybridized carbons (Fsp3) is 0.320. The van der Waals surface area contributed by atoms with Crippen molar-refractivity contribution in [1.29, 1.82) is 0 Å². The SMILES string of the molecule is CCCNCN1CC(c2ccccc2)(c2ccccc2)CCC1=O.O=C(O)/C=C\C(=O)O. The Morgan fingerprint density at radius 1 is 0.969 bits per heavy atom. The van der Waals surface area contributed by atoms with Crippen molar-refractivity contribution in [3.8, 4) is 0 Å². The summed E-state index contributed by atoms with van der Waals surface area (Å²) in [7, 11) is 0. The van der Waals surface area contributed by atoms with Gasteiger partial charge in [-0.1, -0.05) is 67.6 Å². The number of likely N-dealkylation sites (tertiary alicyclic amines) is 1. The van der Waals surface area contributed by atoms with E-state index < -0.39 is 11.9 Å². The van der Waals surface area contributed by atoms with Crippen molar-refractivity contribution in [3.05, 3.63) is 83.9 Å². The Morgan fingerprint density at radius 3 is 1.91 bits per heavy atom. The van der Waals surface area contributed by atoms with Gasteiger partial charge in [0.25, 0.3) is 0 Å². The fourth-order valence-corrected chi connectivity index (χ4v) is 3.80. The molecule has 0 unspecified atom stereocenters. The van der Waals surface area contributed by atoms with Gasteiger partial charge in [-0.25, -0.2) is 9.59 Å². The molecule has 1 aliphatic rings. The number of hydrogen-bond acceptors (Lipinski definition) is 4. The van der Waals surface area contributed by atoms with E-state index in [4.69, 9.17) is 10.2 Å². The second-order valence-electron chi connectivity index (χ2n) is 7.57. The summed E-state index contributed by atoms with van der Waals surface area (Å²) in [6.45, 7) is 4.45. The normalized spacial score (nSPS) is 15.2. The third-order valence-corrected chi connectivity index (χ3v) is 5.33. The minimum Gasteiger partial charge on any atom is -0.478 e. The monoisotopic (exact) mass is 438 g/mol. The van der Waals surface area contributed by atoms with Crippen molar-refractivity contribution in [2.45, 2.75) is 31.6 Å². The van der Waals surface area contributed by atoms with Crippen LogP contribution in [0.15, 0.2) is 72.8 Å². The summed E-state index contributed by atoms with van der Waals surface area (Å²) in [5, 5.41) is 19.0. The minimum atomic E-state index is -1.26. The number of nitrogens with zero attached hydrogens (tertiary/aromatic N) is 1. The number of aliphatic carboxylic acids is 2. The largest absolute Gasteiger partial charge is 0.478 e. The molecular formula is C25H30N2O5. The standard InChI is InChI=1S/C21H26N2O.C4H4O4/c1-2-15-22-17-23-16-21(14-13-20(23)24,18-9-5-3-6-10-18)19-11-7-4-8-12-19;5-3(6)1-2-4(7)8/h3-12,22H,2,13-17H2,1H3;1-2H,(H,5,6)(H,7,8)/b;2-1-. The van der Waals surface area contributed by atoms with Gasteiger partial charge in [0.2, 0.25) is 5.91 Å². The maximum absolute atomic E-state index is 12.4. The van der Waals surface area contributed by atoms with Gasteiger partial charge in [0, 0.05) is 30.5 Å². The van der Waals surface area contributed by atoms with Gasteiger partial charge in [-0.05, 0) is 30.5 Å². The maximum atomic E-state index is 12.4. The molecule has 3 rings (SSSR count). The lowest BCUT2D eigenvalue weighted by Gasteiger charge is -2.43. The Kier molecular flexibility index (Phi) is 9.63. The van der Waals surface area contributed by atoms with Crippen LogP contribution in [0.2, 0.25) is 0 Å². The molecule has 0 bridgehead atoms. The second kappa shape index (κ2) is 12.4. The molecule has 7 heteroatoms. The number of amides is 1. The van der Waals surface area contributed by atoms with Crippen molar-refractivity contribution in [3.63, 3.8) is 0 Å². The average molecular weight is 439 g/mol.